The van der Waals surface area contributed by atoms with Crippen molar-refractivity contribution < 1.29 is 8.42 Å². The minimum Gasteiger partial charge on any atom is -0.221 e. The zero-order valence-electron chi connectivity index (χ0n) is 8.82. The van der Waals surface area contributed by atoms with Crippen LogP contribution in [0.2, 0.25) is 0 Å². The lowest BCUT2D eigenvalue weighted by Crippen LogP contribution is -2.09. The van der Waals surface area contributed by atoms with Crippen molar-refractivity contribution >= 4 is 9.84 Å². The molecule has 0 aliphatic rings. The molecule has 84 valence electrons. The van der Waals surface area contributed by atoms with Crippen LogP contribution in [0, 0.1) is 6.92 Å². The summed E-state index contributed by atoms with van der Waals surface area (Å²) in [6, 6.07) is 7.29. The van der Waals surface area contributed by atoms with Crippen LogP contribution in [-0.2, 0) is 9.84 Å². The molecular weight excluding hydrogens is 228 g/mol. The fourth-order valence-corrected chi connectivity index (χ4v) is 2.00. The van der Waals surface area contributed by atoms with Gasteiger partial charge in [-0.3, -0.25) is 0 Å². The van der Waals surface area contributed by atoms with E-state index in [0.717, 1.165) is 11.8 Å². The molecule has 1 aromatic carbocycles. The van der Waals surface area contributed by atoms with Crippen LogP contribution in [0.3, 0.4) is 0 Å². The number of sulfone groups is 1. The highest BCUT2D eigenvalue weighted by atomic mass is 32.2. The molecule has 0 saturated heterocycles. The molecule has 0 fully saturated rings. The van der Waals surface area contributed by atoms with Crippen molar-refractivity contribution in [2.75, 3.05) is 6.26 Å². The number of aromatic nitrogens is 4. The van der Waals surface area contributed by atoms with Crippen molar-refractivity contribution in [3.63, 3.8) is 0 Å². The maximum absolute atomic E-state index is 11.4. The Balaban J connectivity index is 2.68. The number of nitrogens with zero attached hydrogens (tertiary/aromatic N) is 4. The second kappa shape index (κ2) is 3.67. The van der Waals surface area contributed by atoms with Crippen LogP contribution in [0.1, 0.15) is 5.56 Å². The minimum absolute atomic E-state index is 0.151. The Morgan fingerprint density at radius 3 is 2.56 bits per heavy atom. The number of aryl methyl sites for hydroxylation is 1. The summed E-state index contributed by atoms with van der Waals surface area (Å²) in [5.41, 5.74) is 1.56. The molecule has 0 radical (unpaired) electrons. The van der Waals surface area contributed by atoms with Gasteiger partial charge in [0.25, 0.3) is 5.16 Å². The molecule has 2 rings (SSSR count). The van der Waals surface area contributed by atoms with E-state index in [9.17, 15) is 8.42 Å². The van der Waals surface area contributed by atoms with Crippen molar-refractivity contribution in [1.29, 1.82) is 0 Å². The van der Waals surface area contributed by atoms with Crippen molar-refractivity contribution in [2.45, 2.75) is 12.1 Å². The van der Waals surface area contributed by atoms with Crippen LogP contribution in [0.4, 0.5) is 0 Å². The van der Waals surface area contributed by atoms with E-state index in [1.54, 1.807) is 12.1 Å². The van der Waals surface area contributed by atoms with Gasteiger partial charge in [0.15, 0.2) is 0 Å². The van der Waals surface area contributed by atoms with E-state index < -0.39 is 9.84 Å². The van der Waals surface area contributed by atoms with Crippen molar-refractivity contribution in [3.05, 3.63) is 29.8 Å². The van der Waals surface area contributed by atoms with Gasteiger partial charge in [-0.05, 0) is 29.0 Å². The molecular formula is C9H10N4O2S. The van der Waals surface area contributed by atoms with E-state index in [0.29, 0.717) is 5.69 Å². The number of hydrogen-bond acceptors (Lipinski definition) is 5. The second-order valence-corrected chi connectivity index (χ2v) is 5.34. The summed E-state index contributed by atoms with van der Waals surface area (Å²) in [7, 11) is -3.43. The van der Waals surface area contributed by atoms with Crippen LogP contribution in [0.5, 0.6) is 0 Å². The zero-order chi connectivity index (χ0) is 11.8. The second-order valence-electron chi connectivity index (χ2n) is 3.43. The number of para-hydroxylation sites is 1. The first kappa shape index (κ1) is 10.7. The van der Waals surface area contributed by atoms with Crippen molar-refractivity contribution in [3.8, 4) is 5.69 Å². The normalized spacial score (nSPS) is 11.6. The van der Waals surface area contributed by atoms with Crippen LogP contribution in [0.15, 0.2) is 29.4 Å². The van der Waals surface area contributed by atoms with Gasteiger partial charge in [-0.15, -0.1) is 0 Å². The summed E-state index contributed by atoms with van der Waals surface area (Å²) >= 11 is 0. The molecule has 7 heteroatoms. The van der Waals surface area contributed by atoms with E-state index in [1.807, 2.05) is 19.1 Å². The number of benzene rings is 1. The Hall–Kier alpha value is -1.76. The maximum atomic E-state index is 11.4. The van der Waals surface area contributed by atoms with Crippen LogP contribution in [-0.4, -0.2) is 34.9 Å². The molecule has 16 heavy (non-hydrogen) atoms. The van der Waals surface area contributed by atoms with E-state index in [1.165, 1.54) is 4.68 Å². The van der Waals surface area contributed by atoms with Gasteiger partial charge in [-0.25, -0.2) is 8.42 Å². The van der Waals surface area contributed by atoms with Crippen LogP contribution >= 0.6 is 0 Å². The molecule has 0 amide bonds. The number of tetrazole rings is 1. The molecule has 0 saturated carbocycles. The number of hydrogen-bond donors (Lipinski definition) is 0. The fraction of sp³-hybridized carbons (Fsp3) is 0.222. The third-order valence-electron chi connectivity index (χ3n) is 2.12. The smallest absolute Gasteiger partial charge is 0.221 e. The first-order valence-corrected chi connectivity index (χ1v) is 6.44. The molecule has 0 bridgehead atoms. The van der Waals surface area contributed by atoms with Gasteiger partial charge in [0.05, 0.1) is 5.69 Å². The molecule has 0 aliphatic carbocycles. The Kier molecular flexibility index (Phi) is 2.47. The topological polar surface area (TPSA) is 77.7 Å². The highest BCUT2D eigenvalue weighted by molar-refractivity contribution is 7.90. The van der Waals surface area contributed by atoms with Gasteiger partial charge in [-0.1, -0.05) is 23.3 Å². The molecule has 0 N–H and O–H groups in total. The molecule has 2 aromatic rings. The average molecular weight is 238 g/mol. The minimum atomic E-state index is -3.43. The SMILES string of the molecule is Cc1ccccc1-n1nnnc1S(C)(=O)=O. The molecule has 6 nitrogen and oxygen atoms in total. The molecule has 1 heterocycles. The summed E-state index contributed by atoms with van der Waals surface area (Å²) in [5.74, 6) is 0. The van der Waals surface area contributed by atoms with Crippen LogP contribution in [0.25, 0.3) is 5.69 Å². The van der Waals surface area contributed by atoms with Gasteiger partial charge in [0.1, 0.15) is 0 Å². The van der Waals surface area contributed by atoms with Gasteiger partial charge in [0, 0.05) is 6.26 Å². The van der Waals surface area contributed by atoms with Gasteiger partial charge in [0.2, 0.25) is 9.84 Å². The molecule has 0 unspecified atom stereocenters. The van der Waals surface area contributed by atoms with Crippen molar-refractivity contribution in [1.82, 2.24) is 20.2 Å². The van der Waals surface area contributed by atoms with E-state index >= 15 is 0 Å². The summed E-state index contributed by atoms with van der Waals surface area (Å²) in [6.07, 6.45) is 1.08. The average Bonchev–Trinajstić information content (AvgIpc) is 2.66. The molecule has 0 aliphatic heterocycles. The monoisotopic (exact) mass is 238 g/mol. The molecule has 0 atom stereocenters. The Morgan fingerprint density at radius 2 is 1.94 bits per heavy atom. The molecule has 0 spiro atoms. The summed E-state index contributed by atoms with van der Waals surface area (Å²) < 4.78 is 24.1. The standard InChI is InChI=1S/C9H10N4O2S/c1-7-5-3-4-6-8(7)13-9(10-11-12-13)16(2,14)15/h3-6H,1-2H3. The lowest BCUT2D eigenvalue weighted by Gasteiger charge is -2.05. The fourth-order valence-electron chi connectivity index (χ4n) is 1.36. The predicted octanol–water partition coefficient (Wildman–Crippen LogP) is 0.374. The summed E-state index contributed by atoms with van der Waals surface area (Å²) in [6.45, 7) is 1.86. The van der Waals surface area contributed by atoms with E-state index in [-0.39, 0.29) is 5.16 Å². The molecule has 1 aromatic heterocycles. The van der Waals surface area contributed by atoms with Gasteiger partial charge < -0.3 is 0 Å². The third kappa shape index (κ3) is 1.81. The lowest BCUT2D eigenvalue weighted by atomic mass is 10.2. The quantitative estimate of drug-likeness (QED) is 0.755. The summed E-state index contributed by atoms with van der Waals surface area (Å²) in [4.78, 5) is 0. The first-order chi connectivity index (χ1) is 7.50. The van der Waals surface area contributed by atoms with E-state index in [4.69, 9.17) is 0 Å². The Bertz CT molecular complexity index is 618. The third-order valence-corrected chi connectivity index (χ3v) is 3.03. The maximum Gasteiger partial charge on any atom is 0.272 e. The van der Waals surface area contributed by atoms with Crippen molar-refractivity contribution in [2.24, 2.45) is 0 Å². The van der Waals surface area contributed by atoms with Gasteiger partial charge >= 0.3 is 0 Å². The van der Waals surface area contributed by atoms with Crippen LogP contribution < -0.4 is 0 Å². The number of rotatable bonds is 2. The predicted molar refractivity (Wildman–Crippen MR) is 57.0 cm³/mol. The summed E-state index contributed by atoms with van der Waals surface area (Å²) in [5, 5.41) is 10.4. The van der Waals surface area contributed by atoms with Gasteiger partial charge in [-0.2, -0.15) is 4.68 Å². The lowest BCUT2D eigenvalue weighted by molar-refractivity contribution is 0.586. The largest absolute Gasteiger partial charge is 0.272 e. The highest BCUT2D eigenvalue weighted by Gasteiger charge is 2.19. The Labute approximate surface area is 92.8 Å². The first-order valence-electron chi connectivity index (χ1n) is 4.54. The van der Waals surface area contributed by atoms with E-state index in [2.05, 4.69) is 15.5 Å². The highest BCUT2D eigenvalue weighted by Crippen LogP contribution is 2.15. The Morgan fingerprint density at radius 1 is 1.25 bits per heavy atom. The zero-order valence-corrected chi connectivity index (χ0v) is 9.64.